The zero-order valence-corrected chi connectivity index (χ0v) is 22.1. The van der Waals surface area contributed by atoms with Gasteiger partial charge >= 0.3 is 11.9 Å². The number of benzene rings is 2. The monoisotopic (exact) mass is 540 g/mol. The minimum absolute atomic E-state index is 0.0977. The quantitative estimate of drug-likeness (QED) is 0.128. The standard InChI is InChI=1S/C27H25ClN2O6S/c1-4-5-14-36-19-12-8-17(9-13-19)22(31)20-21(16-6-10-18(28)11-7-16)30(25(33)23(20)32)27-29-15(2)24(37-27)26(34)35-3/h6-13,21,31H,4-5,14H2,1-3H3/b22-20-. The summed E-state index contributed by atoms with van der Waals surface area (Å²) >= 11 is 7.01. The number of esters is 1. The van der Waals surface area contributed by atoms with Crippen molar-refractivity contribution in [3.63, 3.8) is 0 Å². The second-order valence-corrected chi connectivity index (χ2v) is 9.76. The number of amides is 1. The van der Waals surface area contributed by atoms with E-state index in [0.29, 0.717) is 34.2 Å². The average Bonchev–Trinajstić information content (AvgIpc) is 3.40. The molecule has 1 saturated heterocycles. The fourth-order valence-electron chi connectivity index (χ4n) is 3.96. The van der Waals surface area contributed by atoms with E-state index in [9.17, 15) is 19.5 Å². The van der Waals surface area contributed by atoms with E-state index in [4.69, 9.17) is 21.1 Å². The van der Waals surface area contributed by atoms with E-state index in [-0.39, 0.29) is 21.3 Å². The molecule has 0 aliphatic carbocycles. The number of aliphatic hydroxyl groups is 1. The maximum absolute atomic E-state index is 13.3. The molecule has 8 nitrogen and oxygen atoms in total. The predicted octanol–water partition coefficient (Wildman–Crippen LogP) is 5.70. The van der Waals surface area contributed by atoms with Gasteiger partial charge in [0.15, 0.2) is 5.13 Å². The Balaban J connectivity index is 1.81. The molecule has 1 aliphatic heterocycles. The topological polar surface area (TPSA) is 106 Å². The number of anilines is 1. The summed E-state index contributed by atoms with van der Waals surface area (Å²) in [6.45, 7) is 4.26. The van der Waals surface area contributed by atoms with Gasteiger partial charge in [-0.25, -0.2) is 9.78 Å². The molecule has 1 N–H and O–H groups in total. The molecule has 192 valence electrons. The molecule has 0 saturated carbocycles. The van der Waals surface area contributed by atoms with Gasteiger partial charge in [-0.1, -0.05) is 48.4 Å². The number of aromatic nitrogens is 1. The summed E-state index contributed by atoms with van der Waals surface area (Å²) in [4.78, 5) is 44.6. The number of methoxy groups -OCH3 is 1. The van der Waals surface area contributed by atoms with Gasteiger partial charge in [-0.2, -0.15) is 0 Å². The highest BCUT2D eigenvalue weighted by Crippen LogP contribution is 2.44. The molecule has 3 aromatic rings. The molecule has 2 aromatic carbocycles. The number of aryl methyl sites for hydroxylation is 1. The Morgan fingerprint density at radius 2 is 1.81 bits per heavy atom. The molecule has 0 radical (unpaired) electrons. The molecule has 10 heteroatoms. The van der Waals surface area contributed by atoms with Crippen molar-refractivity contribution in [1.82, 2.24) is 4.98 Å². The van der Waals surface area contributed by atoms with Gasteiger partial charge in [-0.3, -0.25) is 14.5 Å². The number of unbranched alkanes of at least 4 members (excludes halogenated alkanes) is 1. The highest BCUT2D eigenvalue weighted by atomic mass is 35.5. The van der Waals surface area contributed by atoms with Crippen LogP contribution in [0.25, 0.3) is 5.76 Å². The number of thiazole rings is 1. The Labute approximate surface area is 223 Å². The first-order valence-corrected chi connectivity index (χ1v) is 12.8. The summed E-state index contributed by atoms with van der Waals surface area (Å²) in [5.41, 5.74) is 1.16. The zero-order valence-electron chi connectivity index (χ0n) is 20.5. The number of hydrogen-bond acceptors (Lipinski definition) is 8. The van der Waals surface area contributed by atoms with Gasteiger partial charge in [0.2, 0.25) is 0 Å². The fourth-order valence-corrected chi connectivity index (χ4v) is 5.09. The number of rotatable bonds is 8. The van der Waals surface area contributed by atoms with Crippen LogP contribution in [0.5, 0.6) is 5.75 Å². The van der Waals surface area contributed by atoms with E-state index in [0.717, 1.165) is 24.2 Å². The second kappa shape index (κ2) is 11.1. The molecule has 37 heavy (non-hydrogen) atoms. The number of ketones is 1. The van der Waals surface area contributed by atoms with Gasteiger partial charge in [0.1, 0.15) is 16.4 Å². The zero-order chi connectivity index (χ0) is 26.7. The van der Waals surface area contributed by atoms with Gasteiger partial charge in [-0.15, -0.1) is 0 Å². The van der Waals surface area contributed by atoms with Gasteiger partial charge in [0.05, 0.1) is 31.0 Å². The van der Waals surface area contributed by atoms with Crippen LogP contribution >= 0.6 is 22.9 Å². The molecule has 2 heterocycles. The summed E-state index contributed by atoms with van der Waals surface area (Å²) in [7, 11) is 1.25. The molecule has 0 spiro atoms. The number of hydrogen-bond donors (Lipinski definition) is 1. The lowest BCUT2D eigenvalue weighted by atomic mass is 9.95. The number of ether oxygens (including phenoxy) is 2. The lowest BCUT2D eigenvalue weighted by molar-refractivity contribution is -0.132. The Bertz CT molecular complexity index is 1360. The second-order valence-electron chi connectivity index (χ2n) is 8.35. The lowest BCUT2D eigenvalue weighted by Crippen LogP contribution is -2.29. The Morgan fingerprint density at radius 1 is 1.14 bits per heavy atom. The minimum Gasteiger partial charge on any atom is -0.507 e. The maximum Gasteiger partial charge on any atom is 0.350 e. The summed E-state index contributed by atoms with van der Waals surface area (Å²) < 4.78 is 10.5. The average molecular weight is 541 g/mol. The smallest absolute Gasteiger partial charge is 0.350 e. The molecule has 1 unspecified atom stereocenters. The van der Waals surface area contributed by atoms with E-state index < -0.39 is 23.7 Å². The van der Waals surface area contributed by atoms with Crippen LogP contribution in [0.2, 0.25) is 5.02 Å². The number of aliphatic hydroxyl groups excluding tert-OH is 1. The molecule has 1 aromatic heterocycles. The number of carbonyl (C=O) groups is 3. The van der Waals surface area contributed by atoms with Crippen LogP contribution in [-0.4, -0.2) is 41.5 Å². The van der Waals surface area contributed by atoms with Crippen molar-refractivity contribution >= 4 is 51.5 Å². The van der Waals surface area contributed by atoms with Crippen molar-refractivity contribution < 1.29 is 29.0 Å². The molecule has 1 amide bonds. The third-order valence-corrected chi connectivity index (χ3v) is 7.28. The fraction of sp³-hybridized carbons (Fsp3) is 0.259. The molecule has 1 atom stereocenters. The van der Waals surface area contributed by atoms with Gasteiger partial charge in [0, 0.05) is 10.6 Å². The largest absolute Gasteiger partial charge is 0.507 e. The summed E-state index contributed by atoms with van der Waals surface area (Å²) in [5.74, 6) is -2.03. The number of carbonyl (C=O) groups excluding carboxylic acids is 3. The van der Waals surface area contributed by atoms with E-state index in [1.54, 1.807) is 55.5 Å². The van der Waals surface area contributed by atoms with Crippen molar-refractivity contribution in [1.29, 1.82) is 0 Å². The highest BCUT2D eigenvalue weighted by Gasteiger charge is 2.48. The molecular weight excluding hydrogens is 516 g/mol. The van der Waals surface area contributed by atoms with E-state index in [2.05, 4.69) is 11.9 Å². The van der Waals surface area contributed by atoms with Crippen LogP contribution in [-0.2, 0) is 14.3 Å². The van der Waals surface area contributed by atoms with Crippen molar-refractivity contribution in [2.24, 2.45) is 0 Å². The Morgan fingerprint density at radius 3 is 2.43 bits per heavy atom. The summed E-state index contributed by atoms with van der Waals surface area (Å²) in [6.07, 6.45) is 1.92. The third-order valence-electron chi connectivity index (χ3n) is 5.89. The van der Waals surface area contributed by atoms with Crippen molar-refractivity contribution in [2.45, 2.75) is 32.7 Å². The van der Waals surface area contributed by atoms with E-state index in [1.807, 2.05) is 0 Å². The lowest BCUT2D eigenvalue weighted by Gasteiger charge is -2.23. The van der Waals surface area contributed by atoms with Crippen LogP contribution in [0.4, 0.5) is 5.13 Å². The Kier molecular flexibility index (Phi) is 7.94. The van der Waals surface area contributed by atoms with Crippen molar-refractivity contribution in [2.75, 3.05) is 18.6 Å². The molecule has 1 fully saturated rings. The molecule has 1 aliphatic rings. The molecule has 0 bridgehead atoms. The Hall–Kier alpha value is -3.69. The first kappa shape index (κ1) is 26.4. The van der Waals surface area contributed by atoms with Crippen LogP contribution < -0.4 is 9.64 Å². The normalized spacial score (nSPS) is 16.8. The van der Waals surface area contributed by atoms with Crippen LogP contribution in [0.15, 0.2) is 54.1 Å². The minimum atomic E-state index is -0.992. The van der Waals surface area contributed by atoms with E-state index in [1.165, 1.54) is 12.0 Å². The van der Waals surface area contributed by atoms with Gasteiger partial charge in [0.25, 0.3) is 5.78 Å². The summed E-state index contributed by atoms with van der Waals surface area (Å²) in [5, 5.41) is 11.9. The number of Topliss-reactive ketones (excluding diaryl/α,β-unsaturated/α-hetero) is 1. The van der Waals surface area contributed by atoms with Gasteiger partial charge < -0.3 is 14.6 Å². The first-order chi connectivity index (χ1) is 17.8. The van der Waals surface area contributed by atoms with Crippen molar-refractivity contribution in [3.05, 3.63) is 80.8 Å². The predicted molar refractivity (Wildman–Crippen MR) is 141 cm³/mol. The molecular formula is C27H25ClN2O6S. The first-order valence-electron chi connectivity index (χ1n) is 11.6. The third kappa shape index (κ3) is 5.23. The van der Waals surface area contributed by atoms with Crippen molar-refractivity contribution in [3.8, 4) is 5.75 Å². The SMILES string of the molecule is CCCCOc1ccc(/C(O)=C2/C(=O)C(=O)N(c3nc(C)c(C(=O)OC)s3)C2c2ccc(Cl)cc2)cc1. The van der Waals surface area contributed by atoms with E-state index >= 15 is 0 Å². The maximum atomic E-state index is 13.3. The number of nitrogens with zero attached hydrogens (tertiary/aromatic N) is 2. The van der Waals surface area contributed by atoms with Gasteiger partial charge in [-0.05, 0) is 55.3 Å². The van der Waals surface area contributed by atoms with Crippen LogP contribution in [0.1, 0.15) is 52.3 Å². The number of halogens is 1. The highest BCUT2D eigenvalue weighted by molar-refractivity contribution is 7.17. The van der Waals surface area contributed by atoms with Crippen LogP contribution in [0.3, 0.4) is 0 Å². The summed E-state index contributed by atoms with van der Waals surface area (Å²) in [6, 6.07) is 12.3. The van der Waals surface area contributed by atoms with Crippen LogP contribution in [0, 0.1) is 6.92 Å². The molecule has 4 rings (SSSR count).